The quantitative estimate of drug-likeness (QED) is 0.686. The fourth-order valence-electron chi connectivity index (χ4n) is 1.04. The second kappa shape index (κ2) is 5.38. The number of aliphatic hydroxyl groups excluding tert-OH is 1. The first kappa shape index (κ1) is 14.5. The predicted molar refractivity (Wildman–Crippen MR) is 55.2 cm³/mol. The lowest BCUT2D eigenvalue weighted by atomic mass is 10.3. The third-order valence-corrected chi connectivity index (χ3v) is 3.30. The smallest absolute Gasteiger partial charge is 0.333 e. The maximum absolute atomic E-state index is 12.8. The molecule has 0 saturated carbocycles. The Balaban J connectivity index is 2.90. The van der Waals surface area contributed by atoms with Crippen LogP contribution in [0.5, 0.6) is 0 Å². The molecule has 0 radical (unpaired) electrons. The van der Waals surface area contributed by atoms with E-state index in [1.54, 1.807) is 4.72 Å². The summed E-state index contributed by atoms with van der Waals surface area (Å²) >= 11 is 0. The molecule has 0 heterocycles. The topological polar surface area (TPSA) is 104 Å². The van der Waals surface area contributed by atoms with Crippen molar-refractivity contribution in [2.24, 2.45) is 0 Å². The van der Waals surface area contributed by atoms with Crippen LogP contribution in [0.25, 0.3) is 0 Å². The zero-order valence-electron chi connectivity index (χ0n) is 8.80. The van der Waals surface area contributed by atoms with Gasteiger partial charge in [-0.25, -0.2) is 26.7 Å². The summed E-state index contributed by atoms with van der Waals surface area (Å²) in [5.74, 6) is -3.80. The molecule has 0 spiro atoms. The number of aliphatic carboxylic acids is 1. The lowest BCUT2D eigenvalue weighted by Crippen LogP contribution is -2.36. The first-order valence-corrected chi connectivity index (χ1v) is 6.07. The van der Waals surface area contributed by atoms with Gasteiger partial charge in [0, 0.05) is 12.6 Å². The molecule has 0 bridgehead atoms. The summed E-state index contributed by atoms with van der Waals surface area (Å²) in [5, 5.41) is 17.2. The van der Waals surface area contributed by atoms with Crippen molar-refractivity contribution in [3.05, 3.63) is 29.8 Å². The van der Waals surface area contributed by atoms with Gasteiger partial charge in [-0.05, 0) is 12.1 Å². The molecular formula is C9H9F2NO5S. The van der Waals surface area contributed by atoms with Gasteiger partial charge in [0.1, 0.15) is 11.6 Å². The molecule has 0 amide bonds. The summed E-state index contributed by atoms with van der Waals surface area (Å²) < 4.78 is 50.4. The van der Waals surface area contributed by atoms with Gasteiger partial charge >= 0.3 is 5.97 Å². The number of benzene rings is 1. The van der Waals surface area contributed by atoms with Gasteiger partial charge in [-0.3, -0.25) is 0 Å². The second-order valence-electron chi connectivity index (χ2n) is 3.31. The van der Waals surface area contributed by atoms with Crippen LogP contribution in [0.4, 0.5) is 8.78 Å². The highest BCUT2D eigenvalue weighted by molar-refractivity contribution is 7.89. The van der Waals surface area contributed by atoms with E-state index in [-0.39, 0.29) is 0 Å². The summed E-state index contributed by atoms with van der Waals surface area (Å²) in [6, 6.07) is 1.63. The number of nitrogens with one attached hydrogen (secondary N) is 1. The van der Waals surface area contributed by atoms with Gasteiger partial charge in [0.2, 0.25) is 10.0 Å². The Morgan fingerprint density at radius 1 is 1.28 bits per heavy atom. The molecule has 1 aromatic carbocycles. The average molecular weight is 281 g/mol. The number of aliphatic hydroxyl groups is 1. The summed E-state index contributed by atoms with van der Waals surface area (Å²) in [4.78, 5) is 9.56. The maximum atomic E-state index is 12.8. The molecule has 3 N–H and O–H groups in total. The van der Waals surface area contributed by atoms with Crippen molar-refractivity contribution in [1.29, 1.82) is 0 Å². The molecule has 6 nitrogen and oxygen atoms in total. The molecule has 100 valence electrons. The standard InChI is InChI=1S/C9H9F2NO5S/c10-5-1-6(11)3-7(2-5)18(16,17)12-4-8(13)9(14)15/h1-3,8,12-13H,4H2,(H,14,15)/t8-/m0/s1. The molecule has 0 aliphatic carbocycles. The van der Waals surface area contributed by atoms with Crippen LogP contribution in [-0.4, -0.2) is 37.2 Å². The second-order valence-corrected chi connectivity index (χ2v) is 5.08. The van der Waals surface area contributed by atoms with Gasteiger partial charge < -0.3 is 10.2 Å². The first-order chi connectivity index (χ1) is 8.22. The Bertz CT molecular complexity index is 540. The summed E-state index contributed by atoms with van der Waals surface area (Å²) in [6.07, 6.45) is -1.95. The van der Waals surface area contributed by atoms with Gasteiger partial charge in [-0.2, -0.15) is 0 Å². The molecule has 0 aliphatic rings. The fourth-order valence-corrected chi connectivity index (χ4v) is 2.12. The van der Waals surface area contributed by atoms with Gasteiger partial charge in [0.25, 0.3) is 0 Å². The van der Waals surface area contributed by atoms with E-state index >= 15 is 0 Å². The molecule has 1 aromatic rings. The number of hydrogen-bond acceptors (Lipinski definition) is 4. The average Bonchev–Trinajstić information content (AvgIpc) is 2.24. The molecule has 0 fully saturated rings. The van der Waals surface area contributed by atoms with Crippen LogP contribution in [0.2, 0.25) is 0 Å². The van der Waals surface area contributed by atoms with Gasteiger partial charge in [-0.15, -0.1) is 0 Å². The molecule has 18 heavy (non-hydrogen) atoms. The normalized spacial score (nSPS) is 13.3. The van der Waals surface area contributed by atoms with Crippen molar-refractivity contribution in [1.82, 2.24) is 4.72 Å². The SMILES string of the molecule is O=C(O)[C@@H](O)CNS(=O)(=O)c1cc(F)cc(F)c1. The van der Waals surface area contributed by atoms with Crippen molar-refractivity contribution in [2.45, 2.75) is 11.0 Å². The molecule has 1 atom stereocenters. The number of carbonyl (C=O) groups is 1. The van der Waals surface area contributed by atoms with Gasteiger partial charge in [0.15, 0.2) is 6.10 Å². The third-order valence-electron chi connectivity index (χ3n) is 1.90. The van der Waals surface area contributed by atoms with E-state index in [4.69, 9.17) is 10.2 Å². The van der Waals surface area contributed by atoms with E-state index in [1.807, 2.05) is 0 Å². The molecule has 0 saturated heterocycles. The zero-order valence-corrected chi connectivity index (χ0v) is 9.62. The molecule has 0 aromatic heterocycles. The molecule has 0 unspecified atom stereocenters. The summed E-state index contributed by atoms with van der Waals surface area (Å²) in [5.41, 5.74) is 0. The first-order valence-electron chi connectivity index (χ1n) is 4.59. The Morgan fingerprint density at radius 3 is 2.22 bits per heavy atom. The van der Waals surface area contributed by atoms with Gasteiger partial charge in [0.05, 0.1) is 4.90 Å². The zero-order chi connectivity index (χ0) is 13.9. The number of halogens is 2. The fraction of sp³-hybridized carbons (Fsp3) is 0.222. The van der Waals surface area contributed by atoms with E-state index in [2.05, 4.69) is 0 Å². The predicted octanol–water partition coefficient (Wildman–Crippen LogP) is -0.311. The van der Waals surface area contributed by atoms with E-state index in [1.165, 1.54) is 0 Å². The lowest BCUT2D eigenvalue weighted by Gasteiger charge is -2.09. The summed E-state index contributed by atoms with van der Waals surface area (Å²) in [7, 11) is -4.29. The van der Waals surface area contributed by atoms with Crippen LogP contribution < -0.4 is 4.72 Å². The minimum absolute atomic E-state index is 0.491. The monoisotopic (exact) mass is 281 g/mol. The van der Waals surface area contributed by atoms with Crippen LogP contribution in [-0.2, 0) is 14.8 Å². The Hall–Kier alpha value is -1.58. The number of sulfonamides is 1. The Kier molecular flexibility index (Phi) is 4.33. The third kappa shape index (κ3) is 3.72. The van der Waals surface area contributed by atoms with E-state index in [0.717, 1.165) is 0 Å². The highest BCUT2D eigenvalue weighted by atomic mass is 32.2. The molecule has 9 heteroatoms. The van der Waals surface area contributed by atoms with Crippen LogP contribution in [0.3, 0.4) is 0 Å². The Morgan fingerprint density at radius 2 is 1.78 bits per heavy atom. The van der Waals surface area contributed by atoms with Gasteiger partial charge in [-0.1, -0.05) is 0 Å². The minimum Gasteiger partial charge on any atom is -0.479 e. The number of hydrogen-bond donors (Lipinski definition) is 3. The largest absolute Gasteiger partial charge is 0.479 e. The van der Waals surface area contributed by atoms with Crippen LogP contribution >= 0.6 is 0 Å². The van der Waals surface area contributed by atoms with Crippen LogP contribution in [0, 0.1) is 11.6 Å². The minimum atomic E-state index is -4.29. The molecule has 1 rings (SSSR count). The van der Waals surface area contributed by atoms with Crippen molar-refractivity contribution in [3.8, 4) is 0 Å². The van der Waals surface area contributed by atoms with E-state index in [0.29, 0.717) is 18.2 Å². The van der Waals surface area contributed by atoms with Crippen LogP contribution in [0.1, 0.15) is 0 Å². The lowest BCUT2D eigenvalue weighted by molar-refractivity contribution is -0.146. The van der Waals surface area contributed by atoms with Crippen molar-refractivity contribution in [3.63, 3.8) is 0 Å². The van der Waals surface area contributed by atoms with E-state index < -0.39 is 45.2 Å². The number of rotatable bonds is 5. The number of carboxylic acids is 1. The summed E-state index contributed by atoms with van der Waals surface area (Å²) in [6.45, 7) is -0.810. The molecular weight excluding hydrogens is 272 g/mol. The van der Waals surface area contributed by atoms with Crippen molar-refractivity contribution >= 4 is 16.0 Å². The van der Waals surface area contributed by atoms with Crippen molar-refractivity contribution < 1.29 is 32.2 Å². The molecule has 0 aliphatic heterocycles. The van der Waals surface area contributed by atoms with E-state index in [9.17, 15) is 22.0 Å². The number of carboxylic acid groups (broad SMARTS) is 1. The maximum Gasteiger partial charge on any atom is 0.333 e. The highest BCUT2D eigenvalue weighted by Crippen LogP contribution is 2.13. The Labute approximate surface area is 101 Å². The van der Waals surface area contributed by atoms with Crippen molar-refractivity contribution in [2.75, 3.05) is 6.54 Å². The van der Waals surface area contributed by atoms with Crippen LogP contribution in [0.15, 0.2) is 23.1 Å². The highest BCUT2D eigenvalue weighted by Gasteiger charge is 2.20.